The highest BCUT2D eigenvalue weighted by molar-refractivity contribution is 5.73. The van der Waals surface area contributed by atoms with Crippen molar-refractivity contribution < 1.29 is 14.6 Å². The lowest BCUT2D eigenvalue weighted by Crippen LogP contribution is -2.26. The van der Waals surface area contributed by atoms with Gasteiger partial charge in [0, 0.05) is 17.7 Å². The summed E-state index contributed by atoms with van der Waals surface area (Å²) in [6.45, 7) is 12.4. The molecule has 1 aromatic rings. The first-order valence-electron chi connectivity index (χ1n) is 7.49. The second kappa shape index (κ2) is 6.67. The highest BCUT2D eigenvalue weighted by Gasteiger charge is 2.27. The van der Waals surface area contributed by atoms with Crippen LogP contribution in [0.2, 0.25) is 0 Å². The molecule has 0 bridgehead atoms. The molecule has 0 aromatic heterocycles. The number of hydrazine groups is 1. The highest BCUT2D eigenvalue weighted by atomic mass is 16.5. The minimum atomic E-state index is -0.358. The SMILES string of the molecule is CC(C)(C)c1cc(OC(=O)CCNN)cc(C(C)(C)C)c1O. The number of phenolic OH excluding ortho intramolecular Hbond substituents is 1. The molecule has 0 aliphatic heterocycles. The molecule has 22 heavy (non-hydrogen) atoms. The summed E-state index contributed by atoms with van der Waals surface area (Å²) in [6.07, 6.45) is 0.188. The Morgan fingerprint density at radius 2 is 1.59 bits per heavy atom. The van der Waals surface area contributed by atoms with E-state index in [1.165, 1.54) is 0 Å². The predicted molar refractivity (Wildman–Crippen MR) is 87.9 cm³/mol. The van der Waals surface area contributed by atoms with Gasteiger partial charge in [-0.05, 0) is 23.0 Å². The van der Waals surface area contributed by atoms with Gasteiger partial charge in [0.2, 0.25) is 0 Å². The molecular weight excluding hydrogens is 280 g/mol. The maximum Gasteiger partial charge on any atom is 0.312 e. The van der Waals surface area contributed by atoms with E-state index in [4.69, 9.17) is 10.6 Å². The number of hydrogen-bond acceptors (Lipinski definition) is 5. The van der Waals surface area contributed by atoms with Crippen molar-refractivity contribution >= 4 is 5.97 Å². The van der Waals surface area contributed by atoms with Crippen molar-refractivity contribution in [3.8, 4) is 11.5 Å². The molecule has 0 atom stereocenters. The largest absolute Gasteiger partial charge is 0.507 e. The number of nitrogens with two attached hydrogens (primary N) is 1. The molecule has 0 spiro atoms. The topological polar surface area (TPSA) is 84.6 Å². The number of benzene rings is 1. The normalized spacial score (nSPS) is 12.3. The van der Waals surface area contributed by atoms with Crippen molar-refractivity contribution in [1.29, 1.82) is 0 Å². The Morgan fingerprint density at radius 1 is 1.14 bits per heavy atom. The number of rotatable bonds is 4. The minimum Gasteiger partial charge on any atom is -0.507 e. The lowest BCUT2D eigenvalue weighted by Gasteiger charge is -2.27. The van der Waals surface area contributed by atoms with Gasteiger partial charge >= 0.3 is 5.97 Å². The zero-order valence-corrected chi connectivity index (χ0v) is 14.4. The molecule has 0 fully saturated rings. The number of esters is 1. The zero-order chi connectivity index (χ0) is 17.1. The smallest absolute Gasteiger partial charge is 0.312 e. The average Bonchev–Trinajstić information content (AvgIpc) is 2.35. The molecule has 5 nitrogen and oxygen atoms in total. The lowest BCUT2D eigenvalue weighted by atomic mass is 9.79. The second-order valence-electron chi connectivity index (χ2n) is 7.55. The van der Waals surface area contributed by atoms with E-state index in [1.807, 2.05) is 41.5 Å². The van der Waals surface area contributed by atoms with E-state index in [2.05, 4.69) is 5.43 Å². The first-order chi connectivity index (χ1) is 9.96. The van der Waals surface area contributed by atoms with Gasteiger partial charge in [-0.3, -0.25) is 16.1 Å². The fourth-order valence-electron chi connectivity index (χ4n) is 2.17. The summed E-state index contributed by atoms with van der Waals surface area (Å²) >= 11 is 0. The third-order valence-corrected chi connectivity index (χ3v) is 3.40. The molecule has 0 saturated carbocycles. The van der Waals surface area contributed by atoms with Crippen LogP contribution >= 0.6 is 0 Å². The summed E-state index contributed by atoms with van der Waals surface area (Å²) in [5.41, 5.74) is 3.43. The fourth-order valence-corrected chi connectivity index (χ4v) is 2.17. The number of aromatic hydroxyl groups is 1. The van der Waals surface area contributed by atoms with Gasteiger partial charge in [-0.1, -0.05) is 41.5 Å². The van der Waals surface area contributed by atoms with Gasteiger partial charge in [0.1, 0.15) is 11.5 Å². The first kappa shape index (κ1) is 18.5. The van der Waals surface area contributed by atoms with E-state index >= 15 is 0 Å². The van der Waals surface area contributed by atoms with Crippen molar-refractivity contribution in [3.05, 3.63) is 23.3 Å². The Kier molecular flexibility index (Phi) is 5.59. The van der Waals surface area contributed by atoms with Crippen molar-refractivity contribution in [3.63, 3.8) is 0 Å². The Balaban J connectivity index is 3.27. The molecule has 0 heterocycles. The van der Waals surface area contributed by atoms with E-state index in [0.29, 0.717) is 12.3 Å². The Morgan fingerprint density at radius 3 is 1.95 bits per heavy atom. The van der Waals surface area contributed by atoms with Crippen LogP contribution in [0.1, 0.15) is 59.1 Å². The number of ether oxygens (including phenoxy) is 1. The third-order valence-electron chi connectivity index (χ3n) is 3.40. The number of carbonyl (C=O) groups is 1. The molecule has 0 aliphatic carbocycles. The first-order valence-corrected chi connectivity index (χ1v) is 7.49. The molecule has 0 aliphatic rings. The predicted octanol–water partition coefficient (Wildman–Crippen LogP) is 2.75. The van der Waals surface area contributed by atoms with E-state index in [-0.39, 0.29) is 29.0 Å². The van der Waals surface area contributed by atoms with Gasteiger partial charge in [-0.25, -0.2) is 0 Å². The van der Waals surface area contributed by atoms with Gasteiger partial charge < -0.3 is 9.84 Å². The maximum absolute atomic E-state index is 11.8. The summed E-state index contributed by atoms with van der Waals surface area (Å²) in [4.78, 5) is 11.8. The molecule has 124 valence electrons. The maximum atomic E-state index is 11.8. The fraction of sp³-hybridized carbons (Fsp3) is 0.588. The summed E-state index contributed by atoms with van der Waals surface area (Å²) < 4.78 is 5.40. The molecule has 5 heteroatoms. The van der Waals surface area contributed by atoms with Crippen LogP contribution in [0, 0.1) is 0 Å². The van der Waals surface area contributed by atoms with E-state index in [1.54, 1.807) is 12.1 Å². The van der Waals surface area contributed by atoms with Crippen LogP contribution < -0.4 is 16.0 Å². The monoisotopic (exact) mass is 308 g/mol. The van der Waals surface area contributed by atoms with E-state index in [0.717, 1.165) is 11.1 Å². The summed E-state index contributed by atoms with van der Waals surface area (Å²) in [5, 5.41) is 10.6. The molecule has 4 N–H and O–H groups in total. The van der Waals surface area contributed by atoms with Crippen LogP contribution in [0.3, 0.4) is 0 Å². The average molecular weight is 308 g/mol. The van der Waals surface area contributed by atoms with E-state index < -0.39 is 0 Å². The molecular formula is C17H28N2O3. The quantitative estimate of drug-likeness (QED) is 0.345. The van der Waals surface area contributed by atoms with Crippen molar-refractivity contribution in [2.75, 3.05) is 6.54 Å². The van der Waals surface area contributed by atoms with Crippen LogP contribution in [-0.2, 0) is 15.6 Å². The van der Waals surface area contributed by atoms with Gasteiger partial charge in [-0.2, -0.15) is 0 Å². The summed E-state index contributed by atoms with van der Waals surface area (Å²) in [7, 11) is 0. The number of nitrogens with one attached hydrogen (secondary N) is 1. The molecule has 0 radical (unpaired) electrons. The highest BCUT2D eigenvalue weighted by Crippen LogP contribution is 2.41. The molecule has 0 unspecified atom stereocenters. The number of carbonyl (C=O) groups excluding carboxylic acids is 1. The molecule has 0 amide bonds. The van der Waals surface area contributed by atoms with Crippen molar-refractivity contribution in [2.24, 2.45) is 5.84 Å². The molecule has 1 aromatic carbocycles. The second-order valence-corrected chi connectivity index (χ2v) is 7.55. The lowest BCUT2D eigenvalue weighted by molar-refractivity contribution is -0.134. The molecule has 1 rings (SSSR count). The van der Waals surface area contributed by atoms with Gasteiger partial charge in [-0.15, -0.1) is 0 Å². The van der Waals surface area contributed by atoms with Crippen LogP contribution in [0.15, 0.2) is 12.1 Å². The summed E-state index contributed by atoms with van der Waals surface area (Å²) in [5.74, 6) is 5.52. The van der Waals surface area contributed by atoms with E-state index in [9.17, 15) is 9.90 Å². The Hall–Kier alpha value is -1.59. The Labute approximate surface area is 132 Å². The third kappa shape index (κ3) is 4.71. The number of hydrogen-bond donors (Lipinski definition) is 3. The van der Waals surface area contributed by atoms with Crippen molar-refractivity contribution in [1.82, 2.24) is 5.43 Å². The zero-order valence-electron chi connectivity index (χ0n) is 14.4. The van der Waals surface area contributed by atoms with Crippen LogP contribution in [-0.4, -0.2) is 17.6 Å². The van der Waals surface area contributed by atoms with Crippen LogP contribution in [0.25, 0.3) is 0 Å². The van der Waals surface area contributed by atoms with Gasteiger partial charge in [0.05, 0.1) is 6.42 Å². The van der Waals surface area contributed by atoms with Gasteiger partial charge in [0.15, 0.2) is 0 Å². The van der Waals surface area contributed by atoms with Crippen LogP contribution in [0.5, 0.6) is 11.5 Å². The summed E-state index contributed by atoms with van der Waals surface area (Å²) in [6, 6.07) is 3.47. The van der Waals surface area contributed by atoms with Crippen LogP contribution in [0.4, 0.5) is 0 Å². The Bertz CT molecular complexity index is 505. The minimum absolute atomic E-state index is 0.188. The van der Waals surface area contributed by atoms with Crippen molar-refractivity contribution in [2.45, 2.75) is 58.8 Å². The standard InChI is InChI=1S/C17H28N2O3/c1-16(2,3)12-9-11(22-14(20)7-8-19-18)10-13(15(12)21)17(4,5)6/h9-10,19,21H,7-8,18H2,1-6H3. The number of phenols is 1. The van der Waals surface area contributed by atoms with Gasteiger partial charge in [0.25, 0.3) is 0 Å². The molecule has 0 saturated heterocycles.